The van der Waals surface area contributed by atoms with Crippen molar-refractivity contribution in [1.29, 1.82) is 0 Å². The molecule has 5 nitrogen and oxygen atoms in total. The zero-order valence-corrected chi connectivity index (χ0v) is 10.5. The molecule has 0 spiro atoms. The first-order chi connectivity index (χ1) is 7.59. The molecule has 0 atom stereocenters. The molecule has 8 heteroatoms. The molecule has 0 fully saturated rings. The monoisotopic (exact) mass is 274 g/mol. The van der Waals surface area contributed by atoms with Crippen LogP contribution in [0.25, 0.3) is 0 Å². The highest BCUT2D eigenvalue weighted by Crippen LogP contribution is 2.22. The van der Waals surface area contributed by atoms with Gasteiger partial charge in [-0.2, -0.15) is 17.2 Å². The normalized spacial score (nSPS) is 12.8. The third-order valence-corrected chi connectivity index (χ3v) is 2.79. The molecule has 0 aromatic rings. The van der Waals surface area contributed by atoms with Gasteiger partial charge in [-0.15, -0.1) is 0 Å². The van der Waals surface area contributed by atoms with E-state index in [1.54, 1.807) is 0 Å². The number of hydrogen-bond acceptors (Lipinski definition) is 4. The van der Waals surface area contributed by atoms with Crippen LogP contribution in [-0.2, 0) is 19.6 Å². The van der Waals surface area contributed by atoms with E-state index >= 15 is 0 Å². The number of ether oxygens (including phenoxy) is 1. The number of rotatable bonds is 7. The van der Waals surface area contributed by atoms with E-state index in [2.05, 4.69) is 4.74 Å². The number of esters is 1. The van der Waals surface area contributed by atoms with E-state index in [0.717, 1.165) is 6.42 Å². The van der Waals surface area contributed by atoms with Crippen molar-refractivity contribution in [3.8, 4) is 0 Å². The summed E-state index contributed by atoms with van der Waals surface area (Å²) in [5.74, 6) is -1.80. The molecule has 0 bridgehead atoms. The van der Waals surface area contributed by atoms with Gasteiger partial charge in [-0.1, -0.05) is 20.3 Å². The van der Waals surface area contributed by atoms with Gasteiger partial charge < -0.3 is 4.74 Å². The zero-order valence-electron chi connectivity index (χ0n) is 9.65. The fourth-order valence-corrected chi connectivity index (χ4v) is 1.28. The Labute approximate surface area is 98.9 Å². The molecule has 0 amide bonds. The summed E-state index contributed by atoms with van der Waals surface area (Å²) in [6, 6.07) is 0. The van der Waals surface area contributed by atoms with Crippen LogP contribution in [0.3, 0.4) is 0 Å². The van der Waals surface area contributed by atoms with Gasteiger partial charge in [-0.3, -0.25) is 4.55 Å². The van der Waals surface area contributed by atoms with Crippen LogP contribution in [0.2, 0.25) is 0 Å². The topological polar surface area (TPSA) is 80.7 Å². The Morgan fingerprint density at radius 2 is 1.88 bits per heavy atom. The third-order valence-electron chi connectivity index (χ3n) is 1.97. The van der Waals surface area contributed by atoms with E-state index in [0.29, 0.717) is 18.8 Å². The van der Waals surface area contributed by atoms with E-state index in [9.17, 15) is 22.0 Å². The number of carbonyl (C=O) groups excluding carboxylic acids is 1. The highest BCUT2D eigenvalue weighted by atomic mass is 32.2. The fraction of sp³-hybridized carbons (Fsp3) is 0.889. The lowest BCUT2D eigenvalue weighted by molar-refractivity contribution is -0.161. The summed E-state index contributed by atoms with van der Waals surface area (Å²) in [4.78, 5) is 10.7. The minimum atomic E-state index is -5.77. The predicted molar refractivity (Wildman–Crippen MR) is 56.1 cm³/mol. The molecule has 0 unspecified atom stereocenters. The first-order valence-electron chi connectivity index (χ1n) is 5.11. The molecular weight excluding hydrogens is 258 g/mol. The molecule has 0 saturated heterocycles. The average molecular weight is 274 g/mol. The maximum absolute atomic E-state index is 12.6. The lowest BCUT2D eigenvalue weighted by Crippen LogP contribution is -2.39. The van der Waals surface area contributed by atoms with Crippen LogP contribution in [0, 0.1) is 5.92 Å². The summed E-state index contributed by atoms with van der Waals surface area (Å²) in [6.07, 6.45) is 1.90. The minimum Gasteiger partial charge on any atom is -0.460 e. The Hall–Kier alpha value is -0.760. The molecule has 0 aromatic heterocycles. The molecule has 0 aliphatic heterocycles. The Bertz CT molecular complexity index is 350. The Morgan fingerprint density at radius 3 is 2.29 bits per heavy atom. The van der Waals surface area contributed by atoms with E-state index in [1.807, 2.05) is 13.8 Å². The Kier molecular flexibility index (Phi) is 5.97. The van der Waals surface area contributed by atoms with Crippen molar-refractivity contribution in [2.24, 2.45) is 5.92 Å². The first-order valence-corrected chi connectivity index (χ1v) is 6.55. The highest BCUT2D eigenvalue weighted by Gasteiger charge is 2.54. The van der Waals surface area contributed by atoms with Crippen LogP contribution in [0.1, 0.15) is 33.1 Å². The van der Waals surface area contributed by atoms with E-state index in [1.165, 1.54) is 0 Å². The minimum absolute atomic E-state index is 0.295. The van der Waals surface area contributed by atoms with Gasteiger partial charge in [0.05, 0.1) is 6.61 Å². The predicted octanol–water partition coefficient (Wildman–Crippen LogP) is 1.84. The van der Waals surface area contributed by atoms with E-state index in [4.69, 9.17) is 4.55 Å². The molecule has 0 aliphatic carbocycles. The van der Waals surface area contributed by atoms with Crippen molar-refractivity contribution >= 4 is 16.1 Å². The zero-order chi connectivity index (χ0) is 13.7. The number of carbonyl (C=O) groups is 1. The van der Waals surface area contributed by atoms with Gasteiger partial charge in [-0.05, 0) is 18.8 Å². The van der Waals surface area contributed by atoms with Crippen LogP contribution >= 0.6 is 0 Å². The number of unbranched alkanes of at least 4 members (excludes halogenated alkanes) is 1. The molecule has 0 saturated carbocycles. The first kappa shape index (κ1) is 16.2. The van der Waals surface area contributed by atoms with Gasteiger partial charge in [-0.25, -0.2) is 4.79 Å². The summed E-state index contributed by atoms with van der Waals surface area (Å²) < 4.78 is 57.9. The SMILES string of the molecule is CC(C)CCCCOC(=O)C(F)(F)S(=O)(=O)O. The highest BCUT2D eigenvalue weighted by molar-refractivity contribution is 7.87. The molecule has 0 rings (SSSR count). The maximum Gasteiger partial charge on any atom is 0.465 e. The van der Waals surface area contributed by atoms with Crippen molar-refractivity contribution < 1.29 is 31.3 Å². The third kappa shape index (κ3) is 5.40. The van der Waals surface area contributed by atoms with Crippen molar-refractivity contribution in [1.82, 2.24) is 0 Å². The summed E-state index contributed by atoms with van der Waals surface area (Å²) in [6.45, 7) is 3.67. The van der Waals surface area contributed by atoms with Gasteiger partial charge in [0.1, 0.15) is 0 Å². The van der Waals surface area contributed by atoms with Crippen LogP contribution < -0.4 is 0 Å². The summed E-state index contributed by atoms with van der Waals surface area (Å²) in [5, 5.41) is -4.90. The fourth-order valence-electron chi connectivity index (χ4n) is 1.01. The molecule has 0 aromatic carbocycles. The average Bonchev–Trinajstić information content (AvgIpc) is 2.14. The van der Waals surface area contributed by atoms with Crippen LogP contribution in [-0.4, -0.2) is 30.8 Å². The van der Waals surface area contributed by atoms with Gasteiger partial charge >= 0.3 is 21.3 Å². The van der Waals surface area contributed by atoms with Gasteiger partial charge in [0.15, 0.2) is 0 Å². The molecule has 0 radical (unpaired) electrons. The van der Waals surface area contributed by atoms with Crippen LogP contribution in [0.4, 0.5) is 8.78 Å². The molecule has 17 heavy (non-hydrogen) atoms. The van der Waals surface area contributed by atoms with Crippen molar-refractivity contribution in [3.63, 3.8) is 0 Å². The molecular formula is C9H16F2O5S. The van der Waals surface area contributed by atoms with Crippen LogP contribution in [0.5, 0.6) is 0 Å². The standard InChI is InChI=1S/C9H16F2O5S/c1-7(2)5-3-4-6-16-8(12)9(10,11)17(13,14)15/h7H,3-6H2,1-2H3,(H,13,14,15). The van der Waals surface area contributed by atoms with Gasteiger partial charge in [0, 0.05) is 0 Å². The smallest absolute Gasteiger partial charge is 0.460 e. The van der Waals surface area contributed by atoms with E-state index in [-0.39, 0.29) is 6.61 Å². The molecule has 0 aliphatic rings. The Morgan fingerprint density at radius 1 is 1.35 bits per heavy atom. The largest absolute Gasteiger partial charge is 0.465 e. The number of halogens is 2. The second-order valence-electron chi connectivity index (χ2n) is 4.02. The van der Waals surface area contributed by atoms with Crippen molar-refractivity contribution in [2.45, 2.75) is 38.4 Å². The van der Waals surface area contributed by atoms with Gasteiger partial charge in [0.25, 0.3) is 0 Å². The van der Waals surface area contributed by atoms with Crippen molar-refractivity contribution in [3.05, 3.63) is 0 Å². The number of hydrogen-bond donors (Lipinski definition) is 1. The lowest BCUT2D eigenvalue weighted by atomic mass is 10.1. The van der Waals surface area contributed by atoms with Crippen LogP contribution in [0.15, 0.2) is 0 Å². The Balaban J connectivity index is 4.04. The summed E-state index contributed by atoms with van der Waals surface area (Å²) in [5.41, 5.74) is 0. The lowest BCUT2D eigenvalue weighted by Gasteiger charge is -2.12. The molecule has 0 heterocycles. The van der Waals surface area contributed by atoms with Crippen molar-refractivity contribution in [2.75, 3.05) is 6.61 Å². The summed E-state index contributed by atoms with van der Waals surface area (Å²) in [7, 11) is -5.77. The van der Waals surface area contributed by atoms with E-state index < -0.39 is 21.3 Å². The second kappa shape index (κ2) is 6.25. The number of alkyl halides is 2. The second-order valence-corrected chi connectivity index (χ2v) is 5.48. The molecule has 1 N–H and O–H groups in total. The molecule has 102 valence electrons. The summed E-state index contributed by atoms with van der Waals surface area (Å²) >= 11 is 0. The quantitative estimate of drug-likeness (QED) is 0.435. The maximum atomic E-state index is 12.6. The van der Waals surface area contributed by atoms with Gasteiger partial charge in [0.2, 0.25) is 0 Å².